The number of thioether (sulfide) groups is 1. The van der Waals surface area contributed by atoms with Crippen LogP contribution >= 0.6 is 23.4 Å². The number of nitrogens with one attached hydrogen (secondary N) is 2. The van der Waals surface area contributed by atoms with Crippen molar-refractivity contribution in [2.24, 2.45) is 0 Å². The minimum atomic E-state index is -0.394. The molecule has 2 aromatic carbocycles. The number of hydrogen-bond donors (Lipinski definition) is 2. The van der Waals surface area contributed by atoms with Crippen LogP contribution in [0.15, 0.2) is 47.6 Å². The summed E-state index contributed by atoms with van der Waals surface area (Å²) in [7, 11) is 1.52. The molecule has 10 heteroatoms. The van der Waals surface area contributed by atoms with Crippen molar-refractivity contribution in [3.05, 3.63) is 64.4 Å². The number of rotatable bonds is 9. The Labute approximate surface area is 202 Å². The van der Waals surface area contributed by atoms with Crippen molar-refractivity contribution in [1.29, 1.82) is 0 Å². The Bertz CT molecular complexity index is 1150. The van der Waals surface area contributed by atoms with Gasteiger partial charge in [-0.15, -0.1) is 10.2 Å². The quantitative estimate of drug-likeness (QED) is 0.431. The highest BCUT2D eigenvalue weighted by Gasteiger charge is 2.21. The minimum absolute atomic E-state index is 0.157. The number of aromatic nitrogens is 3. The van der Waals surface area contributed by atoms with Crippen molar-refractivity contribution in [3.8, 4) is 5.75 Å². The molecule has 174 valence electrons. The molecule has 1 atom stereocenters. The Morgan fingerprint density at radius 3 is 2.67 bits per heavy atom. The summed E-state index contributed by atoms with van der Waals surface area (Å²) in [6, 6.07) is 11.9. The fraction of sp³-hybridized carbons (Fsp3) is 0.304. The Kier molecular flexibility index (Phi) is 8.35. The van der Waals surface area contributed by atoms with Crippen LogP contribution in [-0.2, 0) is 11.3 Å². The number of anilines is 1. The van der Waals surface area contributed by atoms with E-state index in [4.69, 9.17) is 16.3 Å². The molecule has 1 heterocycles. The highest BCUT2D eigenvalue weighted by Crippen LogP contribution is 2.24. The average molecular weight is 488 g/mol. The lowest BCUT2D eigenvalue weighted by Gasteiger charge is -2.16. The van der Waals surface area contributed by atoms with Crippen molar-refractivity contribution < 1.29 is 14.3 Å². The summed E-state index contributed by atoms with van der Waals surface area (Å²) in [6.07, 6.45) is 0. The molecular weight excluding hydrogens is 462 g/mol. The lowest BCUT2D eigenvalue weighted by molar-refractivity contribution is -0.113. The van der Waals surface area contributed by atoms with Gasteiger partial charge in [0.2, 0.25) is 5.91 Å². The first-order chi connectivity index (χ1) is 15.8. The predicted molar refractivity (Wildman–Crippen MR) is 130 cm³/mol. The zero-order chi connectivity index (χ0) is 24.0. The second-order valence-electron chi connectivity index (χ2n) is 7.28. The first-order valence-electron chi connectivity index (χ1n) is 10.4. The van der Waals surface area contributed by atoms with E-state index in [0.717, 1.165) is 11.3 Å². The molecule has 2 amide bonds. The third-order valence-electron chi connectivity index (χ3n) is 4.94. The lowest BCUT2D eigenvalue weighted by Crippen LogP contribution is -2.29. The van der Waals surface area contributed by atoms with E-state index >= 15 is 0 Å². The summed E-state index contributed by atoms with van der Waals surface area (Å²) < 4.78 is 7.16. The van der Waals surface area contributed by atoms with E-state index in [-0.39, 0.29) is 17.6 Å². The maximum atomic E-state index is 12.7. The van der Waals surface area contributed by atoms with Crippen LogP contribution in [0.25, 0.3) is 0 Å². The van der Waals surface area contributed by atoms with Gasteiger partial charge in [-0.3, -0.25) is 9.59 Å². The van der Waals surface area contributed by atoms with Crippen LogP contribution < -0.4 is 15.4 Å². The largest absolute Gasteiger partial charge is 0.496 e. The number of carbonyl (C=O) groups excluding carboxylic acids is 2. The summed E-state index contributed by atoms with van der Waals surface area (Å²) in [5.74, 6) is 0.851. The number of ether oxygens (including phenoxy) is 1. The average Bonchev–Trinajstić information content (AvgIpc) is 3.22. The first-order valence-corrected chi connectivity index (χ1v) is 11.8. The highest BCUT2D eigenvalue weighted by molar-refractivity contribution is 7.99. The van der Waals surface area contributed by atoms with E-state index in [9.17, 15) is 9.59 Å². The van der Waals surface area contributed by atoms with Crippen LogP contribution in [0, 0.1) is 6.92 Å². The van der Waals surface area contributed by atoms with Gasteiger partial charge >= 0.3 is 0 Å². The maximum Gasteiger partial charge on any atom is 0.255 e. The molecular formula is C23H26ClN5O3S. The molecule has 0 radical (unpaired) electrons. The summed E-state index contributed by atoms with van der Waals surface area (Å²) in [4.78, 5) is 25.2. The molecule has 0 spiro atoms. The Morgan fingerprint density at radius 2 is 1.97 bits per heavy atom. The van der Waals surface area contributed by atoms with Gasteiger partial charge in [-0.1, -0.05) is 35.5 Å². The van der Waals surface area contributed by atoms with Gasteiger partial charge in [0, 0.05) is 17.3 Å². The number of aryl methyl sites for hydroxylation is 1. The lowest BCUT2D eigenvalue weighted by atomic mass is 10.1. The number of carbonyl (C=O) groups is 2. The number of methoxy groups -OCH3 is 1. The second-order valence-corrected chi connectivity index (χ2v) is 8.66. The highest BCUT2D eigenvalue weighted by atomic mass is 35.5. The molecule has 33 heavy (non-hydrogen) atoms. The molecule has 0 saturated heterocycles. The fourth-order valence-electron chi connectivity index (χ4n) is 3.28. The van der Waals surface area contributed by atoms with E-state index in [1.54, 1.807) is 42.5 Å². The number of halogens is 1. The number of nitrogens with zero attached hydrogens (tertiary/aromatic N) is 3. The van der Waals surface area contributed by atoms with Gasteiger partial charge in [0.25, 0.3) is 5.91 Å². The maximum absolute atomic E-state index is 12.7. The van der Waals surface area contributed by atoms with E-state index < -0.39 is 6.04 Å². The monoisotopic (exact) mass is 487 g/mol. The molecule has 0 bridgehead atoms. The second kappa shape index (κ2) is 11.2. The van der Waals surface area contributed by atoms with Crippen LogP contribution in [0.2, 0.25) is 5.02 Å². The standard InChI is InChI=1S/C23H26ClN5O3S/c1-5-29-21(15(3)25-22(31)17-8-6-7-9-19(17)32-4)27-28-23(29)33-13-20(30)26-18-11-10-16(24)12-14(18)2/h6-12,15H,5,13H2,1-4H3,(H,25,31)(H,26,30)/t15-/m0/s1. The van der Waals surface area contributed by atoms with Crippen molar-refractivity contribution in [2.75, 3.05) is 18.2 Å². The van der Waals surface area contributed by atoms with Gasteiger partial charge in [-0.2, -0.15) is 0 Å². The van der Waals surface area contributed by atoms with Gasteiger partial charge in [0.1, 0.15) is 5.75 Å². The van der Waals surface area contributed by atoms with E-state index in [1.165, 1.54) is 18.9 Å². The van der Waals surface area contributed by atoms with Crippen LogP contribution in [0.4, 0.5) is 5.69 Å². The van der Waals surface area contributed by atoms with E-state index in [2.05, 4.69) is 20.8 Å². The van der Waals surface area contributed by atoms with Crippen molar-refractivity contribution in [3.63, 3.8) is 0 Å². The Hall–Kier alpha value is -3.04. The van der Waals surface area contributed by atoms with E-state index in [0.29, 0.717) is 33.9 Å². The topological polar surface area (TPSA) is 98.1 Å². The molecule has 2 N–H and O–H groups in total. The normalized spacial score (nSPS) is 11.7. The smallest absolute Gasteiger partial charge is 0.255 e. The zero-order valence-electron chi connectivity index (χ0n) is 18.9. The van der Waals surface area contributed by atoms with E-state index in [1.807, 2.05) is 25.3 Å². The van der Waals surface area contributed by atoms with Gasteiger partial charge < -0.3 is 19.9 Å². The number of benzene rings is 2. The Morgan fingerprint density at radius 1 is 1.21 bits per heavy atom. The SMILES string of the molecule is CCn1c(SCC(=O)Nc2ccc(Cl)cc2C)nnc1[C@H](C)NC(=O)c1ccccc1OC. The summed E-state index contributed by atoms with van der Waals surface area (Å²) in [5, 5.41) is 15.5. The third kappa shape index (κ3) is 6.06. The fourth-order valence-corrected chi connectivity index (χ4v) is 4.32. The summed E-state index contributed by atoms with van der Waals surface area (Å²) in [6.45, 7) is 6.28. The number of hydrogen-bond acceptors (Lipinski definition) is 6. The van der Waals surface area contributed by atoms with Crippen LogP contribution in [0.3, 0.4) is 0 Å². The van der Waals surface area contributed by atoms with Gasteiger partial charge in [-0.05, 0) is 56.7 Å². The molecule has 0 saturated carbocycles. The number of para-hydroxylation sites is 1. The van der Waals surface area contributed by atoms with Gasteiger partial charge in [0.05, 0.1) is 24.5 Å². The molecule has 0 unspecified atom stereocenters. The minimum Gasteiger partial charge on any atom is -0.496 e. The molecule has 0 aliphatic carbocycles. The first kappa shape index (κ1) is 24.6. The molecule has 3 rings (SSSR count). The van der Waals surface area contributed by atoms with Crippen molar-refractivity contribution in [2.45, 2.75) is 38.5 Å². The van der Waals surface area contributed by atoms with Gasteiger partial charge in [-0.25, -0.2) is 0 Å². The van der Waals surface area contributed by atoms with Crippen LogP contribution in [-0.4, -0.2) is 39.4 Å². The summed E-state index contributed by atoms with van der Waals surface area (Å²) in [5.41, 5.74) is 2.05. The van der Waals surface area contributed by atoms with Crippen molar-refractivity contribution in [1.82, 2.24) is 20.1 Å². The molecule has 8 nitrogen and oxygen atoms in total. The predicted octanol–water partition coefficient (Wildman–Crippen LogP) is 4.49. The summed E-state index contributed by atoms with van der Waals surface area (Å²) >= 11 is 7.26. The molecule has 0 aliphatic heterocycles. The molecule has 1 aromatic heterocycles. The molecule has 0 aliphatic rings. The van der Waals surface area contributed by atoms with Crippen molar-refractivity contribution >= 4 is 40.9 Å². The number of amides is 2. The third-order valence-corrected chi connectivity index (χ3v) is 6.14. The molecule has 0 fully saturated rings. The van der Waals surface area contributed by atoms with Gasteiger partial charge in [0.15, 0.2) is 11.0 Å². The van der Waals surface area contributed by atoms with Crippen LogP contribution in [0.5, 0.6) is 5.75 Å². The zero-order valence-corrected chi connectivity index (χ0v) is 20.5. The Balaban J connectivity index is 1.65. The molecule has 3 aromatic rings. The van der Waals surface area contributed by atoms with Crippen LogP contribution in [0.1, 0.15) is 41.6 Å².